The van der Waals surface area contributed by atoms with Crippen LogP contribution in [0.5, 0.6) is 5.75 Å². The van der Waals surface area contributed by atoms with E-state index in [4.69, 9.17) is 14.5 Å². The number of hydrogen-bond donors (Lipinski definition) is 0. The fraction of sp³-hybridized carbons (Fsp3) is 0.167. The second-order valence-corrected chi connectivity index (χ2v) is 4.39. The van der Waals surface area contributed by atoms with Crippen molar-refractivity contribution >= 4 is 15.9 Å². The van der Waals surface area contributed by atoms with Gasteiger partial charge in [0.1, 0.15) is 18.4 Å². The zero-order chi connectivity index (χ0) is 12.3. The van der Waals surface area contributed by atoms with Gasteiger partial charge in [0.25, 0.3) is 0 Å². The maximum Gasteiger partial charge on any atom is 0.174 e. The molecule has 0 fully saturated rings. The Hall–Kier alpha value is -1.80. The first kappa shape index (κ1) is 11.7. The zero-order valence-electron chi connectivity index (χ0n) is 9.11. The molecule has 4 nitrogen and oxygen atoms in total. The highest BCUT2D eigenvalue weighted by Gasteiger charge is 2.06. The van der Waals surface area contributed by atoms with Crippen molar-refractivity contribution in [1.29, 1.82) is 5.26 Å². The maximum atomic E-state index is 8.96. The molecule has 0 amide bonds. The van der Waals surface area contributed by atoms with E-state index in [0.29, 0.717) is 17.1 Å². The van der Waals surface area contributed by atoms with Crippen LogP contribution in [0.3, 0.4) is 0 Å². The van der Waals surface area contributed by atoms with Gasteiger partial charge in [-0.3, -0.25) is 0 Å². The van der Waals surface area contributed by atoms with E-state index in [1.807, 2.05) is 13.0 Å². The van der Waals surface area contributed by atoms with E-state index < -0.39 is 0 Å². The van der Waals surface area contributed by atoms with Crippen molar-refractivity contribution in [1.82, 2.24) is 5.16 Å². The quantitative estimate of drug-likeness (QED) is 0.872. The van der Waals surface area contributed by atoms with Gasteiger partial charge in [0.05, 0.1) is 11.3 Å². The SMILES string of the molecule is Cc1cc(COc2ccc(Br)cc2C#N)on1. The molecule has 17 heavy (non-hydrogen) atoms. The maximum absolute atomic E-state index is 8.96. The van der Waals surface area contributed by atoms with Crippen molar-refractivity contribution < 1.29 is 9.26 Å². The van der Waals surface area contributed by atoms with Gasteiger partial charge in [-0.25, -0.2) is 0 Å². The summed E-state index contributed by atoms with van der Waals surface area (Å²) in [5.41, 5.74) is 1.29. The average molecular weight is 293 g/mol. The lowest BCUT2D eigenvalue weighted by atomic mass is 10.2. The summed E-state index contributed by atoms with van der Waals surface area (Å²) in [6, 6.07) is 9.15. The van der Waals surface area contributed by atoms with Gasteiger partial charge < -0.3 is 9.26 Å². The highest BCUT2D eigenvalue weighted by atomic mass is 79.9. The van der Waals surface area contributed by atoms with Crippen LogP contribution in [0.2, 0.25) is 0 Å². The van der Waals surface area contributed by atoms with Crippen molar-refractivity contribution in [2.24, 2.45) is 0 Å². The molecule has 0 aliphatic heterocycles. The van der Waals surface area contributed by atoms with E-state index in [9.17, 15) is 0 Å². The number of aromatic nitrogens is 1. The molecule has 2 rings (SSSR count). The van der Waals surface area contributed by atoms with Crippen LogP contribution in [0.25, 0.3) is 0 Å². The monoisotopic (exact) mass is 292 g/mol. The van der Waals surface area contributed by atoms with E-state index in [2.05, 4.69) is 27.2 Å². The standard InChI is InChI=1S/C12H9BrN2O2/c1-8-4-11(17-15-8)7-16-12-3-2-10(13)5-9(12)6-14/h2-5H,7H2,1H3. The summed E-state index contributed by atoms with van der Waals surface area (Å²) >= 11 is 3.30. The number of ether oxygens (including phenoxy) is 1. The van der Waals surface area contributed by atoms with Crippen molar-refractivity contribution in [3.8, 4) is 11.8 Å². The van der Waals surface area contributed by atoms with Crippen LogP contribution in [-0.2, 0) is 6.61 Å². The molecule has 0 atom stereocenters. The first-order valence-electron chi connectivity index (χ1n) is 4.93. The lowest BCUT2D eigenvalue weighted by Gasteiger charge is -2.05. The van der Waals surface area contributed by atoms with Gasteiger partial charge in [-0.05, 0) is 25.1 Å². The molecule has 1 heterocycles. The largest absolute Gasteiger partial charge is 0.484 e. The second-order valence-electron chi connectivity index (χ2n) is 3.48. The van der Waals surface area contributed by atoms with Crippen LogP contribution in [0.15, 0.2) is 33.3 Å². The second kappa shape index (κ2) is 5.02. The van der Waals surface area contributed by atoms with E-state index in [1.54, 1.807) is 18.2 Å². The van der Waals surface area contributed by atoms with Gasteiger partial charge in [-0.2, -0.15) is 5.26 Å². The van der Waals surface area contributed by atoms with Crippen LogP contribution < -0.4 is 4.74 Å². The molecule has 86 valence electrons. The summed E-state index contributed by atoms with van der Waals surface area (Å²) in [5, 5.41) is 12.7. The Labute approximate surface area is 107 Å². The van der Waals surface area contributed by atoms with Crippen LogP contribution in [-0.4, -0.2) is 5.16 Å². The van der Waals surface area contributed by atoms with Crippen molar-refractivity contribution in [3.05, 3.63) is 45.8 Å². The van der Waals surface area contributed by atoms with Crippen LogP contribution in [0, 0.1) is 18.3 Å². The minimum atomic E-state index is 0.261. The van der Waals surface area contributed by atoms with E-state index in [-0.39, 0.29) is 6.61 Å². The van der Waals surface area contributed by atoms with Crippen molar-refractivity contribution in [2.75, 3.05) is 0 Å². The predicted molar refractivity (Wildman–Crippen MR) is 64.4 cm³/mol. The normalized spacial score (nSPS) is 9.94. The smallest absolute Gasteiger partial charge is 0.174 e. The third-order valence-corrected chi connectivity index (χ3v) is 2.60. The number of halogens is 1. The predicted octanol–water partition coefficient (Wildman–Crippen LogP) is 3.20. The summed E-state index contributed by atoms with van der Waals surface area (Å²) in [4.78, 5) is 0. The van der Waals surface area contributed by atoms with E-state index >= 15 is 0 Å². The Morgan fingerprint density at radius 1 is 1.47 bits per heavy atom. The van der Waals surface area contributed by atoms with Gasteiger partial charge in [0.2, 0.25) is 0 Å². The molecular weight excluding hydrogens is 284 g/mol. The summed E-state index contributed by atoms with van der Waals surface area (Å²) in [5.74, 6) is 1.17. The molecule has 0 unspecified atom stereocenters. The number of hydrogen-bond acceptors (Lipinski definition) is 4. The molecule has 0 saturated carbocycles. The first-order chi connectivity index (χ1) is 8.19. The molecule has 5 heteroatoms. The lowest BCUT2D eigenvalue weighted by molar-refractivity contribution is 0.248. The molecule has 2 aromatic rings. The van der Waals surface area contributed by atoms with Gasteiger partial charge >= 0.3 is 0 Å². The summed E-state index contributed by atoms with van der Waals surface area (Å²) in [6.45, 7) is 2.10. The Kier molecular flexibility index (Phi) is 3.45. The van der Waals surface area contributed by atoms with Crippen LogP contribution in [0.4, 0.5) is 0 Å². The molecule has 0 N–H and O–H groups in total. The molecule has 1 aromatic heterocycles. The van der Waals surface area contributed by atoms with Gasteiger partial charge in [0, 0.05) is 10.5 Å². The molecule has 0 bridgehead atoms. The van der Waals surface area contributed by atoms with Crippen molar-refractivity contribution in [3.63, 3.8) is 0 Å². The Morgan fingerprint density at radius 3 is 2.94 bits per heavy atom. The van der Waals surface area contributed by atoms with Crippen LogP contribution >= 0.6 is 15.9 Å². The highest BCUT2D eigenvalue weighted by molar-refractivity contribution is 9.10. The molecule has 1 aromatic carbocycles. The Morgan fingerprint density at radius 2 is 2.29 bits per heavy atom. The third kappa shape index (κ3) is 2.86. The van der Waals surface area contributed by atoms with Gasteiger partial charge in [-0.1, -0.05) is 21.1 Å². The molecule has 0 saturated heterocycles. The molecular formula is C12H9BrN2O2. The van der Waals surface area contributed by atoms with Gasteiger partial charge in [-0.15, -0.1) is 0 Å². The van der Waals surface area contributed by atoms with E-state index in [1.165, 1.54) is 0 Å². The number of benzene rings is 1. The average Bonchev–Trinajstić information content (AvgIpc) is 2.73. The third-order valence-electron chi connectivity index (χ3n) is 2.11. The first-order valence-corrected chi connectivity index (χ1v) is 5.73. The fourth-order valence-electron chi connectivity index (χ4n) is 1.35. The molecule has 0 aliphatic carbocycles. The molecule has 0 aliphatic rings. The number of nitriles is 1. The molecule has 0 radical (unpaired) electrons. The fourth-order valence-corrected chi connectivity index (χ4v) is 1.71. The number of rotatable bonds is 3. The minimum Gasteiger partial charge on any atom is -0.484 e. The minimum absolute atomic E-state index is 0.261. The Balaban J connectivity index is 2.12. The lowest BCUT2D eigenvalue weighted by Crippen LogP contribution is -1.96. The Bertz CT molecular complexity index is 572. The summed E-state index contributed by atoms with van der Waals surface area (Å²) in [7, 11) is 0. The highest BCUT2D eigenvalue weighted by Crippen LogP contribution is 2.23. The topological polar surface area (TPSA) is 59.0 Å². The number of aryl methyl sites for hydroxylation is 1. The summed E-state index contributed by atoms with van der Waals surface area (Å²) in [6.07, 6.45) is 0. The number of nitrogens with zero attached hydrogens (tertiary/aromatic N) is 2. The van der Waals surface area contributed by atoms with Gasteiger partial charge in [0.15, 0.2) is 5.76 Å². The summed E-state index contributed by atoms with van der Waals surface area (Å²) < 4.78 is 11.4. The zero-order valence-corrected chi connectivity index (χ0v) is 10.7. The van der Waals surface area contributed by atoms with Crippen LogP contribution in [0.1, 0.15) is 17.0 Å². The molecule has 0 spiro atoms. The van der Waals surface area contributed by atoms with Crippen molar-refractivity contribution in [2.45, 2.75) is 13.5 Å². The van der Waals surface area contributed by atoms with E-state index in [0.717, 1.165) is 10.2 Å².